The highest BCUT2D eigenvalue weighted by molar-refractivity contribution is 5.78. The van der Waals surface area contributed by atoms with Gasteiger partial charge in [-0.05, 0) is 25.3 Å². The van der Waals surface area contributed by atoms with Crippen molar-refractivity contribution in [3.8, 4) is 0 Å². The minimum absolute atomic E-state index is 0.0177. The van der Waals surface area contributed by atoms with Gasteiger partial charge in [0.2, 0.25) is 5.91 Å². The van der Waals surface area contributed by atoms with Crippen LogP contribution in [0.3, 0.4) is 0 Å². The van der Waals surface area contributed by atoms with Crippen LogP contribution in [0, 0.1) is 6.92 Å². The Hall–Kier alpha value is -1.84. The van der Waals surface area contributed by atoms with Gasteiger partial charge in [-0.3, -0.25) is 9.59 Å². The van der Waals surface area contributed by atoms with E-state index in [1.165, 1.54) is 0 Å². The van der Waals surface area contributed by atoms with Crippen LogP contribution < -0.4 is 5.32 Å². The largest absolute Gasteiger partial charge is 0.481 e. The van der Waals surface area contributed by atoms with E-state index in [1.54, 1.807) is 0 Å². The van der Waals surface area contributed by atoms with Gasteiger partial charge in [-0.1, -0.05) is 29.8 Å². The van der Waals surface area contributed by atoms with Crippen molar-refractivity contribution in [3.63, 3.8) is 0 Å². The fourth-order valence-corrected chi connectivity index (χ4v) is 1.70. The summed E-state index contributed by atoms with van der Waals surface area (Å²) in [5.41, 5.74) is 2.14. The average Bonchev–Trinajstić information content (AvgIpc) is 2.28. The molecule has 18 heavy (non-hydrogen) atoms. The SMILES string of the molecule is Cc1cccc(CC(=O)NCCCCC(=O)O)c1. The second kappa shape index (κ2) is 7.48. The van der Waals surface area contributed by atoms with E-state index in [9.17, 15) is 9.59 Å². The summed E-state index contributed by atoms with van der Waals surface area (Å²) < 4.78 is 0. The number of benzene rings is 1. The van der Waals surface area contributed by atoms with Crippen LogP contribution in [-0.4, -0.2) is 23.5 Å². The number of carboxylic acid groups (broad SMARTS) is 1. The zero-order valence-corrected chi connectivity index (χ0v) is 10.6. The first-order valence-electron chi connectivity index (χ1n) is 6.12. The van der Waals surface area contributed by atoms with E-state index >= 15 is 0 Å². The number of carboxylic acids is 1. The molecule has 0 radical (unpaired) electrons. The smallest absolute Gasteiger partial charge is 0.303 e. The van der Waals surface area contributed by atoms with Crippen molar-refractivity contribution in [1.82, 2.24) is 5.32 Å². The number of hydrogen-bond donors (Lipinski definition) is 2. The maximum absolute atomic E-state index is 11.6. The molecule has 0 saturated heterocycles. The molecule has 0 bridgehead atoms. The van der Waals surface area contributed by atoms with Crippen molar-refractivity contribution in [3.05, 3.63) is 35.4 Å². The maximum Gasteiger partial charge on any atom is 0.303 e. The molecule has 4 nitrogen and oxygen atoms in total. The topological polar surface area (TPSA) is 66.4 Å². The zero-order valence-electron chi connectivity index (χ0n) is 10.6. The van der Waals surface area contributed by atoms with E-state index in [1.807, 2.05) is 31.2 Å². The van der Waals surface area contributed by atoms with Crippen LogP contribution in [0.15, 0.2) is 24.3 Å². The second-order valence-electron chi connectivity index (χ2n) is 4.37. The number of carbonyl (C=O) groups excluding carboxylic acids is 1. The van der Waals surface area contributed by atoms with Gasteiger partial charge in [-0.15, -0.1) is 0 Å². The quantitative estimate of drug-likeness (QED) is 0.725. The lowest BCUT2D eigenvalue weighted by Gasteiger charge is -2.05. The summed E-state index contributed by atoms with van der Waals surface area (Å²) in [5.74, 6) is -0.808. The number of nitrogens with one attached hydrogen (secondary N) is 1. The first-order valence-corrected chi connectivity index (χ1v) is 6.12. The fraction of sp³-hybridized carbons (Fsp3) is 0.429. The Morgan fingerprint density at radius 2 is 2.06 bits per heavy atom. The van der Waals surface area contributed by atoms with Crippen LogP contribution in [0.4, 0.5) is 0 Å². The van der Waals surface area contributed by atoms with Gasteiger partial charge in [0.1, 0.15) is 0 Å². The summed E-state index contributed by atoms with van der Waals surface area (Å²) in [6.07, 6.45) is 1.83. The van der Waals surface area contributed by atoms with Crippen molar-refractivity contribution in [2.45, 2.75) is 32.6 Å². The lowest BCUT2D eigenvalue weighted by molar-refractivity contribution is -0.137. The van der Waals surface area contributed by atoms with Crippen LogP contribution in [0.2, 0.25) is 0 Å². The molecule has 1 amide bonds. The normalized spacial score (nSPS) is 10.1. The lowest BCUT2D eigenvalue weighted by Crippen LogP contribution is -2.26. The van der Waals surface area contributed by atoms with Crippen LogP contribution >= 0.6 is 0 Å². The van der Waals surface area contributed by atoms with E-state index in [4.69, 9.17) is 5.11 Å². The van der Waals surface area contributed by atoms with Crippen LogP contribution in [-0.2, 0) is 16.0 Å². The van der Waals surface area contributed by atoms with E-state index in [2.05, 4.69) is 5.32 Å². The maximum atomic E-state index is 11.6. The highest BCUT2D eigenvalue weighted by atomic mass is 16.4. The number of amides is 1. The predicted molar refractivity (Wildman–Crippen MR) is 69.4 cm³/mol. The summed E-state index contributed by atoms with van der Waals surface area (Å²) >= 11 is 0. The molecule has 0 saturated carbocycles. The number of rotatable bonds is 7. The molecule has 1 aromatic carbocycles. The molecule has 1 rings (SSSR count). The Labute approximate surface area is 107 Å². The molecule has 0 aromatic heterocycles. The molecule has 0 aliphatic carbocycles. The summed E-state index contributed by atoms with van der Waals surface area (Å²) in [6, 6.07) is 7.85. The monoisotopic (exact) mass is 249 g/mol. The minimum atomic E-state index is -0.791. The standard InChI is InChI=1S/C14H19NO3/c1-11-5-4-6-12(9-11)10-13(16)15-8-3-2-7-14(17)18/h4-6,9H,2-3,7-8,10H2,1H3,(H,15,16)(H,17,18). The minimum Gasteiger partial charge on any atom is -0.481 e. The van der Waals surface area contributed by atoms with Gasteiger partial charge in [0.25, 0.3) is 0 Å². The van der Waals surface area contributed by atoms with Gasteiger partial charge in [0.15, 0.2) is 0 Å². The molecule has 0 fully saturated rings. The third kappa shape index (κ3) is 6.03. The molecule has 0 spiro atoms. The van der Waals surface area contributed by atoms with Gasteiger partial charge in [0.05, 0.1) is 6.42 Å². The van der Waals surface area contributed by atoms with Crippen LogP contribution in [0.25, 0.3) is 0 Å². The average molecular weight is 249 g/mol. The van der Waals surface area contributed by atoms with Gasteiger partial charge in [0, 0.05) is 13.0 Å². The van der Waals surface area contributed by atoms with Gasteiger partial charge in [-0.2, -0.15) is 0 Å². The Bertz CT molecular complexity index is 415. The highest BCUT2D eigenvalue weighted by Gasteiger charge is 2.03. The molecule has 0 aliphatic heterocycles. The highest BCUT2D eigenvalue weighted by Crippen LogP contribution is 2.04. The Kier molecular flexibility index (Phi) is 5.91. The summed E-state index contributed by atoms with van der Waals surface area (Å²) in [6.45, 7) is 2.53. The van der Waals surface area contributed by atoms with Crippen molar-refractivity contribution < 1.29 is 14.7 Å². The molecule has 0 aliphatic rings. The first-order chi connectivity index (χ1) is 8.58. The molecule has 0 atom stereocenters. The Balaban J connectivity index is 2.20. The number of aliphatic carboxylic acids is 1. The third-order valence-corrected chi connectivity index (χ3v) is 2.59. The lowest BCUT2D eigenvalue weighted by atomic mass is 10.1. The van der Waals surface area contributed by atoms with Crippen LogP contribution in [0.5, 0.6) is 0 Å². The van der Waals surface area contributed by atoms with Crippen LogP contribution in [0.1, 0.15) is 30.4 Å². The predicted octanol–water partition coefficient (Wildman–Crippen LogP) is 1.91. The van der Waals surface area contributed by atoms with E-state index in [0.717, 1.165) is 11.1 Å². The van der Waals surface area contributed by atoms with E-state index in [0.29, 0.717) is 25.8 Å². The second-order valence-corrected chi connectivity index (χ2v) is 4.37. The Morgan fingerprint density at radius 3 is 2.72 bits per heavy atom. The van der Waals surface area contributed by atoms with Gasteiger partial charge < -0.3 is 10.4 Å². The third-order valence-electron chi connectivity index (χ3n) is 2.59. The molecule has 0 heterocycles. The molecule has 0 unspecified atom stereocenters. The molecule has 1 aromatic rings. The summed E-state index contributed by atoms with van der Waals surface area (Å²) in [4.78, 5) is 21.9. The zero-order chi connectivity index (χ0) is 13.4. The molecule has 4 heteroatoms. The Morgan fingerprint density at radius 1 is 1.28 bits per heavy atom. The van der Waals surface area contributed by atoms with E-state index in [-0.39, 0.29) is 12.3 Å². The number of hydrogen-bond acceptors (Lipinski definition) is 2. The summed E-state index contributed by atoms with van der Waals surface area (Å²) in [7, 11) is 0. The molecular weight excluding hydrogens is 230 g/mol. The number of carbonyl (C=O) groups is 2. The van der Waals surface area contributed by atoms with Crippen molar-refractivity contribution in [2.24, 2.45) is 0 Å². The molecular formula is C14H19NO3. The summed E-state index contributed by atoms with van der Waals surface area (Å²) in [5, 5.41) is 11.2. The van der Waals surface area contributed by atoms with Crippen molar-refractivity contribution in [2.75, 3.05) is 6.54 Å². The van der Waals surface area contributed by atoms with Gasteiger partial charge >= 0.3 is 5.97 Å². The van der Waals surface area contributed by atoms with E-state index < -0.39 is 5.97 Å². The number of aryl methyl sites for hydroxylation is 1. The number of unbranched alkanes of at least 4 members (excludes halogenated alkanes) is 1. The molecule has 98 valence electrons. The van der Waals surface area contributed by atoms with Crippen molar-refractivity contribution >= 4 is 11.9 Å². The molecule has 2 N–H and O–H groups in total. The first kappa shape index (κ1) is 14.2. The van der Waals surface area contributed by atoms with Gasteiger partial charge in [-0.25, -0.2) is 0 Å². The van der Waals surface area contributed by atoms with Crippen molar-refractivity contribution in [1.29, 1.82) is 0 Å². The fourth-order valence-electron chi connectivity index (χ4n) is 1.70.